The molecule has 4 nitrogen and oxygen atoms in total. The minimum atomic E-state index is -0.106. The Hall–Kier alpha value is -1.92. The normalized spacial score (nSPS) is 10.8. The minimum Gasteiger partial charge on any atom is -0.497 e. The molecule has 6 heteroatoms. The van der Waals surface area contributed by atoms with Gasteiger partial charge in [0, 0.05) is 10.6 Å². The first-order chi connectivity index (χ1) is 11.7. The summed E-state index contributed by atoms with van der Waals surface area (Å²) in [5.41, 5.74) is 4.66. The molecule has 0 saturated heterocycles. The third-order valence-electron chi connectivity index (χ3n) is 3.18. The molecule has 2 rings (SSSR count). The van der Waals surface area contributed by atoms with Gasteiger partial charge in [0.25, 0.3) is 0 Å². The number of carbonyl (C=O) groups excluding carboxylic acids is 1. The van der Waals surface area contributed by atoms with Crippen molar-refractivity contribution in [2.75, 3.05) is 19.1 Å². The molecule has 2 aromatic rings. The van der Waals surface area contributed by atoms with E-state index in [0.29, 0.717) is 5.75 Å². The van der Waals surface area contributed by atoms with Gasteiger partial charge in [0.05, 0.1) is 19.1 Å². The lowest BCUT2D eigenvalue weighted by molar-refractivity contribution is -0.118. The molecule has 0 saturated carbocycles. The number of rotatable bonds is 8. The van der Waals surface area contributed by atoms with Gasteiger partial charge < -0.3 is 4.74 Å². The summed E-state index contributed by atoms with van der Waals surface area (Å²) in [6.07, 6.45) is 3.68. The van der Waals surface area contributed by atoms with E-state index in [4.69, 9.17) is 4.74 Å². The van der Waals surface area contributed by atoms with Gasteiger partial charge in [-0.15, -0.1) is 23.5 Å². The van der Waals surface area contributed by atoms with Gasteiger partial charge in [-0.05, 0) is 41.6 Å². The van der Waals surface area contributed by atoms with Crippen LogP contribution in [0.3, 0.4) is 0 Å². The molecule has 0 aliphatic carbocycles. The van der Waals surface area contributed by atoms with Crippen molar-refractivity contribution in [2.45, 2.75) is 10.6 Å². The van der Waals surface area contributed by atoms with E-state index in [1.165, 1.54) is 4.90 Å². The smallest absolute Gasteiger partial charge is 0.250 e. The summed E-state index contributed by atoms with van der Waals surface area (Å²) in [4.78, 5) is 13.0. The molecule has 0 unspecified atom stereocenters. The third kappa shape index (κ3) is 6.29. The van der Waals surface area contributed by atoms with Crippen LogP contribution in [0.4, 0.5) is 0 Å². The van der Waals surface area contributed by atoms with Gasteiger partial charge in [0.2, 0.25) is 5.91 Å². The largest absolute Gasteiger partial charge is 0.497 e. The number of nitrogens with one attached hydrogen (secondary N) is 1. The third-order valence-corrected chi connectivity index (χ3v) is 4.93. The van der Waals surface area contributed by atoms with E-state index in [9.17, 15) is 4.79 Å². The molecule has 0 heterocycles. The first-order valence-corrected chi connectivity index (χ1v) is 9.76. The van der Waals surface area contributed by atoms with Crippen LogP contribution in [0.25, 0.3) is 0 Å². The molecule has 126 valence electrons. The predicted molar refractivity (Wildman–Crippen MR) is 103 cm³/mol. The fraction of sp³-hybridized carbons (Fsp3) is 0.222. The average molecular weight is 361 g/mol. The Morgan fingerprint density at radius 1 is 1.17 bits per heavy atom. The number of benzene rings is 2. The first kappa shape index (κ1) is 18.4. The van der Waals surface area contributed by atoms with Crippen molar-refractivity contribution in [1.82, 2.24) is 5.43 Å². The Kier molecular flexibility index (Phi) is 7.71. The standard InChI is InChI=1S/C18H20N2O2S2/c1-22-16-7-3-15(4-8-16)12-24-13-18(21)20-19-11-14-5-9-17(23-2)10-6-14/h3-11H,12-13H2,1-2H3,(H,20,21)/b19-11+. The SMILES string of the molecule is COc1ccc(CSCC(=O)N/N=C/c2ccc(SC)cc2)cc1. The minimum absolute atomic E-state index is 0.106. The lowest BCUT2D eigenvalue weighted by Crippen LogP contribution is -2.19. The van der Waals surface area contributed by atoms with Gasteiger partial charge in [0.1, 0.15) is 5.75 Å². The van der Waals surface area contributed by atoms with Crippen molar-refractivity contribution in [3.63, 3.8) is 0 Å². The molecule has 0 aliphatic heterocycles. The average Bonchev–Trinajstić information content (AvgIpc) is 2.63. The topological polar surface area (TPSA) is 50.7 Å². The van der Waals surface area contributed by atoms with Crippen LogP contribution in [0.5, 0.6) is 5.75 Å². The molecule has 1 N–H and O–H groups in total. The van der Waals surface area contributed by atoms with Gasteiger partial charge in [-0.1, -0.05) is 24.3 Å². The fourth-order valence-corrected chi connectivity index (χ4v) is 3.07. The van der Waals surface area contributed by atoms with Crippen molar-refractivity contribution in [2.24, 2.45) is 5.10 Å². The number of carbonyl (C=O) groups is 1. The van der Waals surface area contributed by atoms with E-state index in [0.717, 1.165) is 22.6 Å². The Morgan fingerprint density at radius 3 is 2.50 bits per heavy atom. The molecule has 1 amide bonds. The van der Waals surface area contributed by atoms with Gasteiger partial charge in [0.15, 0.2) is 0 Å². The molecule has 0 atom stereocenters. The van der Waals surface area contributed by atoms with Crippen molar-refractivity contribution in [3.05, 3.63) is 59.7 Å². The number of hydrogen-bond acceptors (Lipinski definition) is 5. The molecule has 0 aromatic heterocycles. The number of hydrazone groups is 1. The molecule has 24 heavy (non-hydrogen) atoms. The summed E-state index contributed by atoms with van der Waals surface area (Å²) in [5, 5.41) is 3.98. The number of nitrogens with zero attached hydrogens (tertiary/aromatic N) is 1. The predicted octanol–water partition coefficient (Wildman–Crippen LogP) is 3.80. The van der Waals surface area contributed by atoms with Gasteiger partial charge >= 0.3 is 0 Å². The van der Waals surface area contributed by atoms with Crippen LogP contribution in [0.1, 0.15) is 11.1 Å². The first-order valence-electron chi connectivity index (χ1n) is 7.38. The van der Waals surface area contributed by atoms with Crippen molar-refractivity contribution >= 4 is 35.6 Å². The number of thioether (sulfide) groups is 2. The Morgan fingerprint density at radius 2 is 1.88 bits per heavy atom. The summed E-state index contributed by atoms with van der Waals surface area (Å²) in [5.74, 6) is 1.87. The summed E-state index contributed by atoms with van der Waals surface area (Å²) >= 11 is 3.24. The Balaban J connectivity index is 1.69. The fourth-order valence-electron chi connectivity index (χ4n) is 1.88. The summed E-state index contributed by atoms with van der Waals surface area (Å²) in [6.45, 7) is 0. The molecule has 2 aromatic carbocycles. The van der Waals surface area contributed by atoms with Crippen LogP contribution in [0, 0.1) is 0 Å². The highest BCUT2D eigenvalue weighted by Gasteiger charge is 2.01. The lowest BCUT2D eigenvalue weighted by Gasteiger charge is -2.03. The number of amides is 1. The van der Waals surface area contributed by atoms with E-state index < -0.39 is 0 Å². The monoisotopic (exact) mass is 360 g/mol. The second-order valence-electron chi connectivity index (χ2n) is 4.91. The number of ether oxygens (including phenoxy) is 1. The molecule has 0 fully saturated rings. The van der Waals surface area contributed by atoms with Gasteiger partial charge in [-0.2, -0.15) is 5.10 Å². The zero-order valence-corrected chi connectivity index (χ0v) is 15.3. The molecule has 0 radical (unpaired) electrons. The van der Waals surface area contributed by atoms with E-state index in [1.54, 1.807) is 36.8 Å². The quantitative estimate of drug-likeness (QED) is 0.442. The van der Waals surface area contributed by atoms with E-state index in [1.807, 2.05) is 54.8 Å². The maximum Gasteiger partial charge on any atom is 0.250 e. The molecule has 0 bridgehead atoms. The van der Waals surface area contributed by atoms with Crippen molar-refractivity contribution in [1.29, 1.82) is 0 Å². The summed E-state index contributed by atoms with van der Waals surface area (Å²) in [7, 11) is 1.64. The Bertz CT molecular complexity index is 670. The van der Waals surface area contributed by atoms with Crippen molar-refractivity contribution < 1.29 is 9.53 Å². The highest BCUT2D eigenvalue weighted by molar-refractivity contribution is 7.99. The zero-order valence-electron chi connectivity index (χ0n) is 13.7. The highest BCUT2D eigenvalue weighted by atomic mass is 32.2. The van der Waals surface area contributed by atoms with Crippen LogP contribution >= 0.6 is 23.5 Å². The van der Waals surface area contributed by atoms with E-state index in [-0.39, 0.29) is 5.91 Å². The number of hydrogen-bond donors (Lipinski definition) is 1. The molecular weight excluding hydrogens is 340 g/mol. The number of methoxy groups -OCH3 is 1. The van der Waals surface area contributed by atoms with E-state index >= 15 is 0 Å². The molecule has 0 spiro atoms. The van der Waals surface area contributed by atoms with Crippen molar-refractivity contribution in [3.8, 4) is 5.75 Å². The lowest BCUT2D eigenvalue weighted by atomic mass is 10.2. The van der Waals surface area contributed by atoms with Crippen LogP contribution in [-0.4, -0.2) is 31.2 Å². The van der Waals surface area contributed by atoms with Gasteiger partial charge in [-0.25, -0.2) is 5.43 Å². The van der Waals surface area contributed by atoms with Crippen LogP contribution < -0.4 is 10.2 Å². The van der Waals surface area contributed by atoms with Crippen LogP contribution in [0.2, 0.25) is 0 Å². The highest BCUT2D eigenvalue weighted by Crippen LogP contribution is 2.16. The van der Waals surface area contributed by atoms with Gasteiger partial charge in [-0.3, -0.25) is 4.79 Å². The summed E-state index contributed by atoms with van der Waals surface area (Å²) < 4.78 is 5.12. The zero-order chi connectivity index (χ0) is 17.2. The van der Waals surface area contributed by atoms with Crippen LogP contribution in [0.15, 0.2) is 58.5 Å². The maximum absolute atomic E-state index is 11.8. The second kappa shape index (κ2) is 10.1. The molecule has 0 aliphatic rings. The van der Waals surface area contributed by atoms with E-state index in [2.05, 4.69) is 10.5 Å². The summed E-state index contributed by atoms with van der Waals surface area (Å²) in [6, 6.07) is 15.8. The molecular formula is C18H20N2O2S2. The maximum atomic E-state index is 11.8. The second-order valence-corrected chi connectivity index (χ2v) is 6.77. The Labute approximate surface area is 151 Å². The van der Waals surface area contributed by atoms with Crippen LogP contribution in [-0.2, 0) is 10.5 Å².